The number of rotatable bonds is 7. The minimum Gasteiger partial charge on any atom is -0.297 e. The lowest BCUT2D eigenvalue weighted by Crippen LogP contribution is -2.39. The fourth-order valence-corrected chi connectivity index (χ4v) is 3.67. The lowest BCUT2D eigenvalue weighted by atomic mass is 10.3. The molecule has 0 aliphatic heterocycles. The van der Waals surface area contributed by atoms with Crippen LogP contribution in [0, 0.1) is 0 Å². The first-order chi connectivity index (χ1) is 11.6. The third-order valence-electron chi connectivity index (χ3n) is 3.04. The molecule has 3 N–H and O–H groups in total. The molecule has 0 radical (unpaired) electrons. The number of nitrogens with zero attached hydrogens (tertiary/aromatic N) is 2. The van der Waals surface area contributed by atoms with E-state index >= 15 is 0 Å². The smallest absolute Gasteiger partial charge is 0.253 e. The molecular formula is C13H17N5O5S2. The summed E-state index contributed by atoms with van der Waals surface area (Å²) >= 11 is 0. The summed E-state index contributed by atoms with van der Waals surface area (Å²) in [5.41, 5.74) is 4.88. The van der Waals surface area contributed by atoms with Crippen molar-refractivity contribution in [2.24, 2.45) is 7.05 Å². The quantitative estimate of drug-likeness (QED) is 0.531. The molecule has 0 spiro atoms. The highest BCUT2D eigenvalue weighted by Gasteiger charge is 2.18. The topological polar surface area (TPSA) is 139 Å². The van der Waals surface area contributed by atoms with Crippen molar-refractivity contribution in [2.45, 2.75) is 9.79 Å². The highest BCUT2D eigenvalue weighted by Crippen LogP contribution is 2.19. The molecule has 25 heavy (non-hydrogen) atoms. The zero-order valence-electron chi connectivity index (χ0n) is 13.4. The number of hydrogen-bond donors (Lipinski definition) is 3. The van der Waals surface area contributed by atoms with Gasteiger partial charge in [0.15, 0.2) is 9.84 Å². The Bertz CT molecular complexity index is 982. The van der Waals surface area contributed by atoms with E-state index in [1.807, 2.05) is 0 Å². The van der Waals surface area contributed by atoms with Crippen LogP contribution in [0.15, 0.2) is 46.5 Å². The Morgan fingerprint density at radius 1 is 1.20 bits per heavy atom. The normalized spacial score (nSPS) is 11.9. The van der Waals surface area contributed by atoms with E-state index in [1.54, 1.807) is 19.2 Å². The number of anilines is 1. The van der Waals surface area contributed by atoms with E-state index in [9.17, 15) is 21.6 Å². The molecule has 0 aliphatic rings. The lowest BCUT2D eigenvalue weighted by Gasteiger charge is -2.12. The Kier molecular flexibility index (Phi) is 5.45. The highest BCUT2D eigenvalue weighted by atomic mass is 32.2. The predicted molar refractivity (Wildman–Crippen MR) is 89.7 cm³/mol. The van der Waals surface area contributed by atoms with E-state index in [-0.39, 0.29) is 15.5 Å². The number of amides is 1. The van der Waals surface area contributed by atoms with Crippen LogP contribution in [0.3, 0.4) is 0 Å². The Labute approximate surface area is 145 Å². The molecule has 0 atom stereocenters. The zero-order valence-corrected chi connectivity index (χ0v) is 15.1. The summed E-state index contributed by atoms with van der Waals surface area (Å²) in [6, 6.07) is 5.99. The molecule has 0 saturated carbocycles. The van der Waals surface area contributed by atoms with E-state index in [0.29, 0.717) is 0 Å². The number of sulfonamides is 1. The van der Waals surface area contributed by atoms with Crippen molar-refractivity contribution in [1.29, 1.82) is 0 Å². The zero-order chi connectivity index (χ0) is 18.7. The third kappa shape index (κ3) is 5.01. The number of aryl methyl sites for hydroxylation is 1. The molecule has 0 aliphatic carbocycles. The number of benzene rings is 1. The van der Waals surface area contributed by atoms with Gasteiger partial charge in [0.25, 0.3) is 5.91 Å². The number of para-hydroxylation sites is 1. The fourth-order valence-electron chi connectivity index (χ4n) is 1.86. The van der Waals surface area contributed by atoms with Crippen molar-refractivity contribution in [2.75, 3.05) is 18.2 Å². The molecular weight excluding hydrogens is 370 g/mol. The molecule has 1 aromatic carbocycles. The van der Waals surface area contributed by atoms with Crippen LogP contribution < -0.4 is 15.6 Å². The molecule has 0 saturated heterocycles. The van der Waals surface area contributed by atoms with Crippen molar-refractivity contribution in [3.8, 4) is 0 Å². The number of carbonyl (C=O) groups is 1. The van der Waals surface area contributed by atoms with Crippen molar-refractivity contribution in [1.82, 2.24) is 19.9 Å². The molecule has 12 heteroatoms. The van der Waals surface area contributed by atoms with Crippen LogP contribution in [-0.4, -0.2) is 45.3 Å². The summed E-state index contributed by atoms with van der Waals surface area (Å²) in [5.74, 6) is -0.698. The summed E-state index contributed by atoms with van der Waals surface area (Å²) in [5, 5.41) is 3.75. The highest BCUT2D eigenvalue weighted by molar-refractivity contribution is 7.91. The number of nitrogens with one attached hydrogen (secondary N) is 3. The van der Waals surface area contributed by atoms with E-state index < -0.39 is 32.3 Å². The van der Waals surface area contributed by atoms with Gasteiger partial charge in [-0.25, -0.2) is 21.6 Å². The second-order valence-electron chi connectivity index (χ2n) is 5.12. The molecule has 1 amide bonds. The van der Waals surface area contributed by atoms with Crippen LogP contribution >= 0.6 is 0 Å². The second kappa shape index (κ2) is 7.21. The Morgan fingerprint density at radius 2 is 1.88 bits per heavy atom. The van der Waals surface area contributed by atoms with Gasteiger partial charge in [0.05, 0.1) is 23.3 Å². The van der Waals surface area contributed by atoms with Crippen LogP contribution in [0.1, 0.15) is 0 Å². The fraction of sp³-hybridized carbons (Fsp3) is 0.231. The first-order valence-corrected chi connectivity index (χ1v) is 10.3. The van der Waals surface area contributed by atoms with E-state index in [4.69, 9.17) is 0 Å². The SMILES string of the molecule is Cn1cc(S(=O)(=O)NCC(=O)NNc2ccccc2S(C)(=O)=O)cn1. The molecule has 0 bridgehead atoms. The molecule has 2 aromatic rings. The number of hydrogen-bond acceptors (Lipinski definition) is 7. The predicted octanol–water partition coefficient (Wildman–Crippen LogP) is -0.755. The van der Waals surface area contributed by atoms with Crippen LogP contribution in [0.25, 0.3) is 0 Å². The number of sulfone groups is 1. The summed E-state index contributed by atoms with van der Waals surface area (Å²) in [4.78, 5) is 11.7. The van der Waals surface area contributed by atoms with Crippen molar-refractivity contribution in [3.05, 3.63) is 36.7 Å². The number of aromatic nitrogens is 2. The summed E-state index contributed by atoms with van der Waals surface area (Å²) in [6.07, 6.45) is 3.49. The van der Waals surface area contributed by atoms with E-state index in [1.165, 1.54) is 23.0 Å². The largest absolute Gasteiger partial charge is 0.297 e. The Morgan fingerprint density at radius 3 is 2.48 bits per heavy atom. The van der Waals surface area contributed by atoms with Gasteiger partial charge >= 0.3 is 0 Å². The minimum atomic E-state index is -3.87. The number of carbonyl (C=O) groups excluding carboxylic acids is 1. The number of hydrazine groups is 1. The van der Waals surface area contributed by atoms with Gasteiger partial charge in [-0.2, -0.15) is 5.10 Å². The van der Waals surface area contributed by atoms with E-state index in [0.717, 1.165) is 12.5 Å². The molecule has 136 valence electrons. The van der Waals surface area contributed by atoms with Gasteiger partial charge in [-0.1, -0.05) is 12.1 Å². The third-order valence-corrected chi connectivity index (χ3v) is 5.55. The van der Waals surface area contributed by atoms with Crippen molar-refractivity contribution in [3.63, 3.8) is 0 Å². The van der Waals surface area contributed by atoms with E-state index in [2.05, 4.69) is 20.7 Å². The van der Waals surface area contributed by atoms with Gasteiger partial charge in [-0.3, -0.25) is 20.3 Å². The summed E-state index contributed by atoms with van der Waals surface area (Å²) in [6.45, 7) is -0.536. The first-order valence-electron chi connectivity index (χ1n) is 6.92. The molecule has 1 aromatic heterocycles. The molecule has 0 unspecified atom stereocenters. The van der Waals surface area contributed by atoms with Crippen LogP contribution in [-0.2, 0) is 31.7 Å². The van der Waals surface area contributed by atoms with Crippen molar-refractivity contribution >= 4 is 31.5 Å². The van der Waals surface area contributed by atoms with Gasteiger partial charge in [-0.15, -0.1) is 0 Å². The molecule has 1 heterocycles. The lowest BCUT2D eigenvalue weighted by molar-refractivity contribution is -0.119. The molecule has 10 nitrogen and oxygen atoms in total. The summed E-state index contributed by atoms with van der Waals surface area (Å²) < 4.78 is 50.7. The van der Waals surface area contributed by atoms with Crippen LogP contribution in [0.5, 0.6) is 0 Å². The molecule has 0 fully saturated rings. The average molecular weight is 387 g/mol. The average Bonchev–Trinajstić information content (AvgIpc) is 2.98. The van der Waals surface area contributed by atoms with Gasteiger partial charge < -0.3 is 0 Å². The standard InChI is InChI=1S/C13H17N5O5S2/c1-18-9-10(7-14-18)25(22,23)15-8-13(19)17-16-11-5-3-4-6-12(11)24(2,20)21/h3-7,9,15-16H,8H2,1-2H3,(H,17,19). The maximum absolute atomic E-state index is 12.0. The Balaban J connectivity index is 1.96. The van der Waals surface area contributed by atoms with Gasteiger partial charge in [0.2, 0.25) is 10.0 Å². The first kappa shape index (κ1) is 18.9. The molecule has 2 rings (SSSR count). The monoisotopic (exact) mass is 387 g/mol. The van der Waals surface area contributed by atoms with Gasteiger partial charge in [0, 0.05) is 19.5 Å². The minimum absolute atomic E-state index is 0.00578. The Hall–Kier alpha value is -2.44. The maximum atomic E-state index is 12.0. The van der Waals surface area contributed by atoms with Crippen LogP contribution in [0.2, 0.25) is 0 Å². The van der Waals surface area contributed by atoms with Gasteiger partial charge in [0.1, 0.15) is 4.90 Å². The van der Waals surface area contributed by atoms with Gasteiger partial charge in [-0.05, 0) is 12.1 Å². The van der Waals surface area contributed by atoms with Crippen LogP contribution in [0.4, 0.5) is 5.69 Å². The summed E-state index contributed by atoms with van der Waals surface area (Å²) in [7, 11) is -5.79. The maximum Gasteiger partial charge on any atom is 0.253 e. The second-order valence-corrected chi connectivity index (χ2v) is 8.87. The van der Waals surface area contributed by atoms with Crippen molar-refractivity contribution < 1.29 is 21.6 Å².